The molecule has 2 aromatic carbocycles. The topological polar surface area (TPSA) is 68.5 Å². The molecular formula is C24H27N3O3. The molecular weight excluding hydrogens is 378 g/mol. The lowest BCUT2D eigenvalue weighted by atomic mass is 9.95. The summed E-state index contributed by atoms with van der Waals surface area (Å²) in [5, 5.41) is 4.14. The minimum absolute atomic E-state index is 0.180. The van der Waals surface area contributed by atoms with Gasteiger partial charge in [0.15, 0.2) is 12.4 Å². The molecule has 0 radical (unpaired) electrons. The zero-order chi connectivity index (χ0) is 20.9. The Kier molecular flexibility index (Phi) is 6.12. The number of piperidine rings is 1. The molecule has 0 bridgehead atoms. The van der Waals surface area contributed by atoms with Gasteiger partial charge in [-0.1, -0.05) is 52.7 Å². The molecule has 3 aromatic rings. The maximum Gasteiger partial charge on any atom is 0.264 e. The molecule has 6 heteroatoms. The van der Waals surface area contributed by atoms with Crippen LogP contribution in [0.2, 0.25) is 0 Å². The minimum atomic E-state index is 0.180. The van der Waals surface area contributed by atoms with Gasteiger partial charge in [0.2, 0.25) is 5.91 Å². The highest BCUT2D eigenvalue weighted by Crippen LogP contribution is 2.26. The number of likely N-dealkylation sites (tertiary alicyclic amines) is 1. The zero-order valence-electron chi connectivity index (χ0n) is 17.5. The number of carbonyl (C=O) groups is 1. The summed E-state index contributed by atoms with van der Waals surface area (Å²) in [7, 11) is 0. The van der Waals surface area contributed by atoms with Crippen LogP contribution in [0.5, 0.6) is 5.75 Å². The average Bonchev–Trinajstić information content (AvgIpc) is 3.22. The van der Waals surface area contributed by atoms with Crippen LogP contribution >= 0.6 is 0 Å². The molecule has 0 atom stereocenters. The third kappa shape index (κ3) is 5.06. The van der Waals surface area contributed by atoms with Crippen molar-refractivity contribution in [2.75, 3.05) is 13.1 Å². The van der Waals surface area contributed by atoms with E-state index in [4.69, 9.17) is 9.26 Å². The van der Waals surface area contributed by atoms with Gasteiger partial charge in [-0.2, -0.15) is 4.98 Å². The van der Waals surface area contributed by atoms with Gasteiger partial charge in [-0.05, 0) is 44.4 Å². The van der Waals surface area contributed by atoms with Crippen LogP contribution in [0.3, 0.4) is 0 Å². The van der Waals surface area contributed by atoms with E-state index in [1.807, 2.05) is 61.2 Å². The van der Waals surface area contributed by atoms with Gasteiger partial charge in [-0.25, -0.2) is 0 Å². The highest BCUT2D eigenvalue weighted by Gasteiger charge is 2.27. The van der Waals surface area contributed by atoms with Gasteiger partial charge in [0.1, 0.15) is 5.75 Å². The van der Waals surface area contributed by atoms with Crippen molar-refractivity contribution in [1.82, 2.24) is 15.0 Å². The van der Waals surface area contributed by atoms with Gasteiger partial charge in [0.05, 0.1) is 6.42 Å². The van der Waals surface area contributed by atoms with E-state index in [-0.39, 0.29) is 18.4 Å². The number of rotatable bonds is 6. The van der Waals surface area contributed by atoms with Crippen molar-refractivity contribution >= 4 is 5.91 Å². The predicted octanol–water partition coefficient (Wildman–Crippen LogP) is 4.21. The minimum Gasteiger partial charge on any atom is -0.484 e. The summed E-state index contributed by atoms with van der Waals surface area (Å²) in [6.45, 7) is 5.78. The van der Waals surface area contributed by atoms with Crippen molar-refractivity contribution in [1.29, 1.82) is 0 Å². The van der Waals surface area contributed by atoms with E-state index >= 15 is 0 Å². The summed E-state index contributed by atoms with van der Waals surface area (Å²) in [4.78, 5) is 19.1. The largest absolute Gasteiger partial charge is 0.484 e. The van der Waals surface area contributed by atoms with Gasteiger partial charge >= 0.3 is 0 Å². The molecule has 1 saturated heterocycles. The smallest absolute Gasteiger partial charge is 0.264 e. The third-order valence-electron chi connectivity index (χ3n) is 5.52. The molecule has 156 valence electrons. The summed E-state index contributed by atoms with van der Waals surface area (Å²) in [6.07, 6.45) is 2.14. The Balaban J connectivity index is 1.27. The number of benzene rings is 2. The van der Waals surface area contributed by atoms with E-state index in [2.05, 4.69) is 16.2 Å². The fourth-order valence-corrected chi connectivity index (χ4v) is 3.77. The maximum atomic E-state index is 12.6. The fraction of sp³-hybridized carbons (Fsp3) is 0.375. The van der Waals surface area contributed by atoms with Crippen LogP contribution in [0.15, 0.2) is 53.1 Å². The van der Waals surface area contributed by atoms with Crippen molar-refractivity contribution in [2.24, 2.45) is 0 Å². The molecule has 1 aromatic heterocycles. The first-order chi connectivity index (χ1) is 14.6. The van der Waals surface area contributed by atoms with E-state index in [0.717, 1.165) is 37.2 Å². The maximum absolute atomic E-state index is 12.6. The molecule has 1 fully saturated rings. The Hall–Kier alpha value is -3.15. The molecule has 1 amide bonds. The summed E-state index contributed by atoms with van der Waals surface area (Å²) >= 11 is 0. The molecule has 2 heterocycles. The van der Waals surface area contributed by atoms with E-state index in [1.54, 1.807) is 0 Å². The standard InChI is InChI=1S/C24H27N3O3/c1-17-6-8-21(9-7-17)29-16-22-25-24(26-30-22)20-10-12-27(13-11-20)23(28)15-19-5-3-4-18(2)14-19/h3-9,14,20H,10-13,15-16H2,1-2H3. The van der Waals surface area contributed by atoms with Crippen LogP contribution in [0, 0.1) is 13.8 Å². The van der Waals surface area contributed by atoms with Gasteiger partial charge in [-0.15, -0.1) is 0 Å². The second-order valence-electron chi connectivity index (χ2n) is 7.97. The summed E-state index contributed by atoms with van der Waals surface area (Å²) in [5.41, 5.74) is 3.43. The SMILES string of the molecule is Cc1ccc(OCc2nc(C3CCN(C(=O)Cc4cccc(C)c4)CC3)no2)cc1. The van der Waals surface area contributed by atoms with E-state index in [9.17, 15) is 4.79 Å². The van der Waals surface area contributed by atoms with Crippen LogP contribution < -0.4 is 4.74 Å². The van der Waals surface area contributed by atoms with Crippen molar-refractivity contribution in [3.63, 3.8) is 0 Å². The molecule has 1 aliphatic heterocycles. The number of carbonyl (C=O) groups excluding carboxylic acids is 1. The predicted molar refractivity (Wildman–Crippen MR) is 113 cm³/mol. The fourth-order valence-electron chi connectivity index (χ4n) is 3.77. The Morgan fingerprint density at radius 3 is 2.60 bits per heavy atom. The average molecular weight is 405 g/mol. The van der Waals surface area contributed by atoms with Crippen molar-refractivity contribution in [2.45, 2.75) is 45.6 Å². The zero-order valence-corrected chi connectivity index (χ0v) is 17.5. The molecule has 0 spiro atoms. The monoisotopic (exact) mass is 405 g/mol. The lowest BCUT2D eigenvalue weighted by Crippen LogP contribution is -2.39. The van der Waals surface area contributed by atoms with Crippen molar-refractivity contribution in [3.8, 4) is 5.75 Å². The Bertz CT molecular complexity index is 989. The molecule has 30 heavy (non-hydrogen) atoms. The van der Waals surface area contributed by atoms with E-state index in [0.29, 0.717) is 18.1 Å². The molecule has 0 saturated carbocycles. The van der Waals surface area contributed by atoms with Gasteiger partial charge in [0, 0.05) is 19.0 Å². The van der Waals surface area contributed by atoms with Crippen LogP contribution in [-0.4, -0.2) is 34.0 Å². The van der Waals surface area contributed by atoms with Gasteiger partial charge in [-0.3, -0.25) is 4.79 Å². The van der Waals surface area contributed by atoms with Gasteiger partial charge < -0.3 is 14.2 Å². The highest BCUT2D eigenvalue weighted by atomic mass is 16.5. The second kappa shape index (κ2) is 9.11. The first kappa shape index (κ1) is 20.1. The summed E-state index contributed by atoms with van der Waals surface area (Å²) in [6, 6.07) is 16.0. The molecule has 1 aliphatic rings. The Labute approximate surface area is 176 Å². The Morgan fingerprint density at radius 2 is 1.87 bits per heavy atom. The number of hydrogen-bond acceptors (Lipinski definition) is 5. The first-order valence-corrected chi connectivity index (χ1v) is 10.4. The Morgan fingerprint density at radius 1 is 1.10 bits per heavy atom. The van der Waals surface area contributed by atoms with E-state index < -0.39 is 0 Å². The number of ether oxygens (including phenoxy) is 1. The normalized spacial score (nSPS) is 14.7. The number of aromatic nitrogens is 2. The van der Waals surface area contributed by atoms with E-state index in [1.165, 1.54) is 11.1 Å². The number of amides is 1. The van der Waals surface area contributed by atoms with Gasteiger partial charge in [0.25, 0.3) is 5.89 Å². The van der Waals surface area contributed by atoms with Crippen LogP contribution in [0.25, 0.3) is 0 Å². The first-order valence-electron chi connectivity index (χ1n) is 10.4. The van der Waals surface area contributed by atoms with Crippen LogP contribution in [0.1, 0.15) is 47.2 Å². The van der Waals surface area contributed by atoms with Crippen molar-refractivity contribution < 1.29 is 14.1 Å². The molecule has 0 aliphatic carbocycles. The van der Waals surface area contributed by atoms with Crippen LogP contribution in [0.4, 0.5) is 0 Å². The summed E-state index contributed by atoms with van der Waals surface area (Å²) < 4.78 is 11.1. The number of aryl methyl sites for hydroxylation is 2. The second-order valence-corrected chi connectivity index (χ2v) is 7.97. The van der Waals surface area contributed by atoms with Crippen molar-refractivity contribution in [3.05, 3.63) is 76.9 Å². The molecule has 0 unspecified atom stereocenters. The number of nitrogens with zero attached hydrogens (tertiary/aromatic N) is 3. The lowest BCUT2D eigenvalue weighted by Gasteiger charge is -2.30. The lowest BCUT2D eigenvalue weighted by molar-refractivity contribution is -0.131. The highest BCUT2D eigenvalue weighted by molar-refractivity contribution is 5.78. The van der Waals surface area contributed by atoms with Crippen LogP contribution in [-0.2, 0) is 17.8 Å². The molecule has 6 nitrogen and oxygen atoms in total. The summed E-state index contributed by atoms with van der Waals surface area (Å²) in [5.74, 6) is 2.36. The molecule has 4 rings (SSSR count). The molecule has 0 N–H and O–H groups in total. The third-order valence-corrected chi connectivity index (χ3v) is 5.52. The number of hydrogen-bond donors (Lipinski definition) is 0. The quantitative estimate of drug-likeness (QED) is 0.614.